The first-order valence-electron chi connectivity index (χ1n) is 9.79. The average molecular weight is 359 g/mol. The Morgan fingerprint density at radius 2 is 2.12 bits per heavy atom. The van der Waals surface area contributed by atoms with Crippen molar-refractivity contribution in [2.75, 3.05) is 33.4 Å². The maximum Gasteiger partial charge on any atom is 0.267 e. The van der Waals surface area contributed by atoms with Gasteiger partial charge in [0.2, 0.25) is 0 Å². The molecule has 1 aliphatic carbocycles. The lowest BCUT2D eigenvalue weighted by Crippen LogP contribution is -2.59. The van der Waals surface area contributed by atoms with Gasteiger partial charge in [-0.3, -0.25) is 14.7 Å². The maximum absolute atomic E-state index is 11.6. The Bertz CT molecular complexity index is 645. The van der Waals surface area contributed by atoms with Crippen molar-refractivity contribution in [1.82, 2.24) is 9.88 Å². The fourth-order valence-electron chi connectivity index (χ4n) is 5.48. The molecule has 3 aliphatic rings. The molecule has 1 amide bonds. The summed E-state index contributed by atoms with van der Waals surface area (Å²) in [6, 6.07) is 3.84. The molecule has 2 saturated heterocycles. The second kappa shape index (κ2) is 7.25. The molecule has 4 atom stereocenters. The molecule has 0 aromatic carbocycles. The summed E-state index contributed by atoms with van der Waals surface area (Å²) in [5.41, 5.74) is 6.48. The first-order valence-corrected chi connectivity index (χ1v) is 9.79. The third-order valence-corrected chi connectivity index (χ3v) is 6.56. The number of nitrogens with two attached hydrogens (primary N) is 1. The second-order valence-corrected chi connectivity index (χ2v) is 7.97. The monoisotopic (exact) mass is 359 g/mol. The van der Waals surface area contributed by atoms with Crippen LogP contribution < -0.4 is 5.73 Å². The summed E-state index contributed by atoms with van der Waals surface area (Å²) in [7, 11) is 1.81. The fraction of sp³-hybridized carbons (Fsp3) is 0.700. The van der Waals surface area contributed by atoms with Crippen LogP contribution >= 0.6 is 0 Å². The minimum absolute atomic E-state index is 0.318. The number of likely N-dealkylation sites (tertiary alicyclic amines) is 1. The Hall–Kier alpha value is -1.50. The molecule has 26 heavy (non-hydrogen) atoms. The van der Waals surface area contributed by atoms with E-state index >= 15 is 0 Å². The Morgan fingerprint density at radius 3 is 2.73 bits per heavy atom. The van der Waals surface area contributed by atoms with Gasteiger partial charge in [0.1, 0.15) is 11.3 Å². The first kappa shape index (κ1) is 17.9. The van der Waals surface area contributed by atoms with Crippen LogP contribution in [0.1, 0.15) is 48.2 Å². The van der Waals surface area contributed by atoms with Crippen molar-refractivity contribution in [3.8, 4) is 0 Å². The topological polar surface area (TPSA) is 77.7 Å². The van der Waals surface area contributed by atoms with E-state index in [0.29, 0.717) is 23.6 Å². The number of rotatable bonds is 5. The number of hydrogen-bond acceptors (Lipinski definition) is 5. The Labute approximate surface area is 155 Å². The van der Waals surface area contributed by atoms with Crippen molar-refractivity contribution < 1.29 is 14.3 Å². The van der Waals surface area contributed by atoms with Gasteiger partial charge < -0.3 is 15.2 Å². The van der Waals surface area contributed by atoms with E-state index in [0.717, 1.165) is 44.6 Å². The standard InChI is InChI=1S/C20H29N3O3/c1-25-20(14-7-8-22-18(10-14)19(21)24)15-4-2-5-16(20)12-23(11-15)13-17-6-3-9-26-17/h7-8,10,15-17H,2-6,9,11-13H2,1H3,(H2,21,24)/t15-,16+,17-,20-/m1/s1. The molecule has 0 spiro atoms. The molecular weight excluding hydrogens is 330 g/mol. The number of pyridine rings is 1. The minimum atomic E-state index is -0.487. The summed E-state index contributed by atoms with van der Waals surface area (Å²) in [4.78, 5) is 18.3. The van der Waals surface area contributed by atoms with Crippen molar-refractivity contribution in [1.29, 1.82) is 0 Å². The predicted molar refractivity (Wildman–Crippen MR) is 97.7 cm³/mol. The summed E-state index contributed by atoms with van der Waals surface area (Å²) in [6.07, 6.45) is 7.94. The predicted octanol–water partition coefficient (Wildman–Crippen LogP) is 1.93. The lowest BCUT2D eigenvalue weighted by Gasteiger charge is -2.55. The number of nitrogens with zero attached hydrogens (tertiary/aromatic N) is 2. The SMILES string of the molecule is CO[C@]1(c2ccnc(C(N)=O)c2)[C@@H]2CCC[C@H]1CN(C[C@H]1CCCO1)C2. The molecule has 4 rings (SSSR count). The molecule has 2 aliphatic heterocycles. The molecule has 1 aromatic rings. The van der Waals surface area contributed by atoms with Crippen LogP contribution in [0.2, 0.25) is 0 Å². The zero-order valence-electron chi connectivity index (χ0n) is 15.5. The summed E-state index contributed by atoms with van der Waals surface area (Å²) < 4.78 is 12.1. The largest absolute Gasteiger partial charge is 0.377 e. The number of carbonyl (C=O) groups excluding carboxylic acids is 1. The van der Waals surface area contributed by atoms with Crippen LogP contribution in [-0.2, 0) is 15.1 Å². The van der Waals surface area contributed by atoms with Gasteiger partial charge in [0.25, 0.3) is 5.91 Å². The van der Waals surface area contributed by atoms with Crippen LogP contribution in [0.3, 0.4) is 0 Å². The molecule has 3 fully saturated rings. The van der Waals surface area contributed by atoms with E-state index in [9.17, 15) is 4.79 Å². The summed E-state index contributed by atoms with van der Waals surface area (Å²) in [6.45, 7) is 3.95. The van der Waals surface area contributed by atoms with Crippen molar-refractivity contribution >= 4 is 5.91 Å². The number of primary amides is 1. The molecular formula is C20H29N3O3. The van der Waals surface area contributed by atoms with E-state index in [-0.39, 0.29) is 5.60 Å². The summed E-state index contributed by atoms with van der Waals surface area (Å²) >= 11 is 0. The van der Waals surface area contributed by atoms with Crippen molar-refractivity contribution in [2.24, 2.45) is 17.6 Å². The van der Waals surface area contributed by atoms with E-state index in [1.807, 2.05) is 19.2 Å². The zero-order valence-corrected chi connectivity index (χ0v) is 15.5. The van der Waals surface area contributed by atoms with Gasteiger partial charge in [-0.1, -0.05) is 6.42 Å². The smallest absolute Gasteiger partial charge is 0.267 e. The van der Waals surface area contributed by atoms with Crippen molar-refractivity contribution in [3.05, 3.63) is 29.6 Å². The van der Waals surface area contributed by atoms with Gasteiger partial charge in [-0.15, -0.1) is 0 Å². The molecule has 0 unspecified atom stereocenters. The third kappa shape index (κ3) is 3.04. The number of ether oxygens (including phenoxy) is 2. The highest BCUT2D eigenvalue weighted by atomic mass is 16.5. The lowest BCUT2D eigenvalue weighted by atomic mass is 9.62. The highest BCUT2D eigenvalue weighted by Crippen LogP contribution is 2.51. The van der Waals surface area contributed by atoms with Crippen LogP contribution in [0.5, 0.6) is 0 Å². The highest BCUT2D eigenvalue weighted by Gasteiger charge is 2.53. The van der Waals surface area contributed by atoms with E-state index in [1.54, 1.807) is 6.20 Å². The van der Waals surface area contributed by atoms with E-state index in [4.69, 9.17) is 15.2 Å². The molecule has 1 saturated carbocycles. The maximum atomic E-state index is 11.6. The lowest BCUT2D eigenvalue weighted by molar-refractivity contribution is -0.171. The number of amides is 1. The Kier molecular flexibility index (Phi) is 4.99. The van der Waals surface area contributed by atoms with Crippen LogP contribution in [0.25, 0.3) is 0 Å². The molecule has 6 heteroatoms. The normalized spacial score (nSPS) is 34.7. The molecule has 2 N–H and O–H groups in total. The molecule has 142 valence electrons. The molecule has 1 aromatic heterocycles. The zero-order chi connectivity index (χ0) is 18.1. The van der Waals surface area contributed by atoms with E-state index in [2.05, 4.69) is 9.88 Å². The Morgan fingerprint density at radius 1 is 1.35 bits per heavy atom. The Balaban J connectivity index is 1.61. The molecule has 2 bridgehead atoms. The van der Waals surface area contributed by atoms with Gasteiger partial charge in [-0.2, -0.15) is 0 Å². The van der Waals surface area contributed by atoms with Crippen LogP contribution in [0.4, 0.5) is 0 Å². The second-order valence-electron chi connectivity index (χ2n) is 7.97. The van der Waals surface area contributed by atoms with Crippen LogP contribution in [0.15, 0.2) is 18.3 Å². The number of carbonyl (C=O) groups is 1. The number of hydrogen-bond donors (Lipinski definition) is 1. The molecule has 3 heterocycles. The average Bonchev–Trinajstić information content (AvgIpc) is 3.14. The van der Waals surface area contributed by atoms with E-state index < -0.39 is 5.91 Å². The summed E-state index contributed by atoms with van der Waals surface area (Å²) in [5.74, 6) is 0.327. The van der Waals surface area contributed by atoms with Gasteiger partial charge in [-0.25, -0.2) is 0 Å². The van der Waals surface area contributed by atoms with Crippen LogP contribution in [-0.4, -0.2) is 55.2 Å². The van der Waals surface area contributed by atoms with E-state index in [1.165, 1.54) is 19.3 Å². The van der Waals surface area contributed by atoms with Gasteiger partial charge in [0, 0.05) is 51.4 Å². The van der Waals surface area contributed by atoms with Gasteiger partial charge in [0.15, 0.2) is 0 Å². The van der Waals surface area contributed by atoms with Crippen LogP contribution in [0, 0.1) is 11.8 Å². The molecule has 6 nitrogen and oxygen atoms in total. The number of piperidine rings is 1. The third-order valence-electron chi connectivity index (χ3n) is 6.56. The van der Waals surface area contributed by atoms with Crippen molar-refractivity contribution in [2.45, 2.75) is 43.8 Å². The van der Waals surface area contributed by atoms with Gasteiger partial charge in [0.05, 0.1) is 6.10 Å². The van der Waals surface area contributed by atoms with Gasteiger partial charge in [-0.05, 0) is 43.4 Å². The summed E-state index contributed by atoms with van der Waals surface area (Å²) in [5, 5.41) is 0. The number of methoxy groups -OCH3 is 1. The molecule has 0 radical (unpaired) electrons. The van der Waals surface area contributed by atoms with Crippen molar-refractivity contribution in [3.63, 3.8) is 0 Å². The number of fused-ring (bicyclic) bond motifs is 2. The first-order chi connectivity index (χ1) is 12.6. The quantitative estimate of drug-likeness (QED) is 0.869. The highest BCUT2D eigenvalue weighted by molar-refractivity contribution is 5.90. The minimum Gasteiger partial charge on any atom is -0.377 e. The fourth-order valence-corrected chi connectivity index (χ4v) is 5.48. The van der Waals surface area contributed by atoms with Gasteiger partial charge >= 0.3 is 0 Å². The number of aromatic nitrogens is 1.